The summed E-state index contributed by atoms with van der Waals surface area (Å²) >= 11 is 3.65. The van der Waals surface area contributed by atoms with Crippen LogP contribution in [-0.2, 0) is 0 Å². The van der Waals surface area contributed by atoms with Crippen molar-refractivity contribution in [3.63, 3.8) is 0 Å². The molecule has 1 aliphatic carbocycles. The van der Waals surface area contributed by atoms with E-state index in [1.54, 1.807) is 0 Å². The second-order valence-corrected chi connectivity index (χ2v) is 7.82. The Morgan fingerprint density at radius 1 is 1.14 bits per heavy atom. The molecule has 0 radical (unpaired) electrons. The first kappa shape index (κ1) is 15.4. The lowest BCUT2D eigenvalue weighted by Gasteiger charge is -2.41. The van der Waals surface area contributed by atoms with Gasteiger partial charge in [-0.2, -0.15) is 0 Å². The van der Waals surface area contributed by atoms with E-state index in [0.717, 1.165) is 0 Å². The molecule has 2 aliphatic rings. The summed E-state index contributed by atoms with van der Waals surface area (Å²) in [7, 11) is 2.04. The van der Waals surface area contributed by atoms with Crippen LogP contribution in [0.1, 0.15) is 57.1 Å². The van der Waals surface area contributed by atoms with Gasteiger partial charge in [-0.25, -0.2) is 0 Å². The van der Waals surface area contributed by atoms with E-state index in [1.165, 1.54) is 67.3 Å². The maximum atomic E-state index is 3.65. The lowest BCUT2D eigenvalue weighted by atomic mass is 9.77. The van der Waals surface area contributed by atoms with E-state index in [-0.39, 0.29) is 0 Å². The molecule has 3 rings (SSSR count). The van der Waals surface area contributed by atoms with Crippen LogP contribution < -0.4 is 10.2 Å². The first-order chi connectivity index (χ1) is 10.1. The van der Waals surface area contributed by atoms with Crippen LogP contribution in [0, 0.1) is 5.41 Å². The molecule has 1 unspecified atom stereocenters. The van der Waals surface area contributed by atoms with Gasteiger partial charge in [-0.15, -0.1) is 0 Å². The van der Waals surface area contributed by atoms with Crippen LogP contribution in [0.5, 0.6) is 0 Å². The Kier molecular flexibility index (Phi) is 4.60. The molecule has 116 valence electrons. The Labute approximate surface area is 137 Å². The highest BCUT2D eigenvalue weighted by Crippen LogP contribution is 2.47. The Morgan fingerprint density at radius 2 is 1.81 bits per heavy atom. The van der Waals surface area contributed by atoms with Gasteiger partial charge in [0.25, 0.3) is 0 Å². The molecule has 0 aromatic heterocycles. The molecule has 1 saturated carbocycles. The van der Waals surface area contributed by atoms with Gasteiger partial charge in [0.1, 0.15) is 0 Å². The number of hydrogen-bond donors (Lipinski definition) is 1. The van der Waals surface area contributed by atoms with Crippen molar-refractivity contribution < 1.29 is 0 Å². The van der Waals surface area contributed by atoms with Gasteiger partial charge in [-0.1, -0.05) is 34.8 Å². The van der Waals surface area contributed by atoms with E-state index in [0.29, 0.717) is 11.5 Å². The number of nitrogens with one attached hydrogen (secondary N) is 1. The summed E-state index contributed by atoms with van der Waals surface area (Å²) in [5.74, 6) is 0. The van der Waals surface area contributed by atoms with E-state index in [9.17, 15) is 0 Å². The maximum Gasteiger partial charge on any atom is 0.0425 e. The molecule has 21 heavy (non-hydrogen) atoms. The molecule has 1 spiro atoms. The number of nitrogens with zero attached hydrogens (tertiary/aromatic N) is 1. The summed E-state index contributed by atoms with van der Waals surface area (Å²) in [6.45, 7) is 4.69. The molecule has 2 fully saturated rings. The fourth-order valence-electron chi connectivity index (χ4n) is 4.16. The summed E-state index contributed by atoms with van der Waals surface area (Å²) in [5, 5.41) is 3.39. The van der Waals surface area contributed by atoms with Crippen molar-refractivity contribution in [2.45, 2.75) is 51.5 Å². The van der Waals surface area contributed by atoms with Crippen LogP contribution in [0.15, 0.2) is 22.7 Å². The van der Waals surface area contributed by atoms with Crippen LogP contribution >= 0.6 is 15.9 Å². The zero-order chi connectivity index (χ0) is 14.9. The van der Waals surface area contributed by atoms with Crippen LogP contribution in [-0.4, -0.2) is 20.1 Å². The number of rotatable bonds is 3. The smallest absolute Gasteiger partial charge is 0.0425 e. The van der Waals surface area contributed by atoms with Gasteiger partial charge < -0.3 is 10.2 Å². The monoisotopic (exact) mass is 350 g/mol. The third-order valence-electron chi connectivity index (χ3n) is 5.72. The van der Waals surface area contributed by atoms with Crippen molar-refractivity contribution in [2.75, 3.05) is 25.0 Å². The molecule has 1 heterocycles. The molecule has 1 atom stereocenters. The molecule has 0 bridgehead atoms. The van der Waals surface area contributed by atoms with Gasteiger partial charge in [-0.05, 0) is 62.8 Å². The first-order valence-electron chi connectivity index (χ1n) is 8.35. The topological polar surface area (TPSA) is 15.3 Å². The number of anilines is 1. The Balaban J connectivity index is 1.79. The van der Waals surface area contributed by atoms with Gasteiger partial charge in [0.05, 0.1) is 0 Å². The van der Waals surface area contributed by atoms with E-state index in [1.807, 2.05) is 7.05 Å². The Morgan fingerprint density at radius 3 is 2.43 bits per heavy atom. The van der Waals surface area contributed by atoms with E-state index in [2.05, 4.69) is 51.3 Å². The van der Waals surface area contributed by atoms with Gasteiger partial charge in [0.2, 0.25) is 0 Å². The third-order valence-corrected chi connectivity index (χ3v) is 6.21. The van der Waals surface area contributed by atoms with E-state index < -0.39 is 0 Å². The lowest BCUT2D eigenvalue weighted by molar-refractivity contribution is 0.226. The third kappa shape index (κ3) is 3.14. The molecule has 1 aliphatic heterocycles. The number of benzene rings is 1. The first-order valence-corrected chi connectivity index (χ1v) is 9.14. The minimum atomic E-state index is 0.399. The van der Waals surface area contributed by atoms with Gasteiger partial charge in [-0.3, -0.25) is 0 Å². The minimum absolute atomic E-state index is 0.399. The Hall–Kier alpha value is -0.540. The summed E-state index contributed by atoms with van der Waals surface area (Å²) in [6.07, 6.45) is 8.62. The highest BCUT2D eigenvalue weighted by atomic mass is 79.9. The van der Waals surface area contributed by atoms with Gasteiger partial charge >= 0.3 is 0 Å². The van der Waals surface area contributed by atoms with Crippen molar-refractivity contribution in [1.29, 1.82) is 0 Å². The van der Waals surface area contributed by atoms with E-state index >= 15 is 0 Å². The minimum Gasteiger partial charge on any atom is -0.371 e. The van der Waals surface area contributed by atoms with Crippen LogP contribution in [0.2, 0.25) is 0 Å². The highest BCUT2D eigenvalue weighted by molar-refractivity contribution is 9.10. The van der Waals surface area contributed by atoms with E-state index in [4.69, 9.17) is 0 Å². The summed E-state index contributed by atoms with van der Waals surface area (Å²) in [5.41, 5.74) is 3.53. The van der Waals surface area contributed by atoms with Gasteiger partial charge in [0, 0.05) is 29.3 Å². The Bertz CT molecular complexity index is 484. The largest absolute Gasteiger partial charge is 0.371 e. The fourth-order valence-corrected chi connectivity index (χ4v) is 4.51. The molecular formula is C18H27BrN2. The number of hydrogen-bond acceptors (Lipinski definition) is 2. The zero-order valence-electron chi connectivity index (χ0n) is 13.3. The predicted octanol–water partition coefficient (Wildman–Crippen LogP) is 4.89. The normalized spacial score (nSPS) is 22.7. The predicted molar refractivity (Wildman–Crippen MR) is 94.0 cm³/mol. The fraction of sp³-hybridized carbons (Fsp3) is 0.667. The molecule has 0 amide bonds. The second kappa shape index (κ2) is 6.29. The van der Waals surface area contributed by atoms with Crippen molar-refractivity contribution in [2.24, 2.45) is 5.41 Å². The molecule has 1 N–H and O–H groups in total. The lowest BCUT2D eigenvalue weighted by Crippen LogP contribution is -2.39. The molecule has 1 aromatic rings. The molecule has 1 saturated heterocycles. The zero-order valence-corrected chi connectivity index (χ0v) is 14.9. The quantitative estimate of drug-likeness (QED) is 0.834. The molecular weight excluding hydrogens is 324 g/mol. The second-order valence-electron chi connectivity index (χ2n) is 6.91. The number of piperidine rings is 1. The summed E-state index contributed by atoms with van der Waals surface area (Å²) in [6, 6.07) is 7.13. The molecule has 2 nitrogen and oxygen atoms in total. The summed E-state index contributed by atoms with van der Waals surface area (Å²) < 4.78 is 1.19. The van der Waals surface area contributed by atoms with Crippen molar-refractivity contribution in [1.82, 2.24) is 5.32 Å². The SMILES string of the molecule is CNC(C)c1ccc(Br)cc1N1CCC2(CCCC2)CC1. The standard InChI is InChI=1S/C18H27BrN2/c1-14(20-2)16-6-5-15(19)13-17(16)21-11-9-18(10-12-21)7-3-4-8-18/h5-6,13-14,20H,3-4,7-12H2,1-2H3. The van der Waals surface area contributed by atoms with Crippen molar-refractivity contribution in [3.8, 4) is 0 Å². The maximum absolute atomic E-state index is 3.65. The summed E-state index contributed by atoms with van der Waals surface area (Å²) in [4.78, 5) is 2.61. The van der Waals surface area contributed by atoms with Crippen molar-refractivity contribution >= 4 is 21.6 Å². The van der Waals surface area contributed by atoms with Gasteiger partial charge in [0.15, 0.2) is 0 Å². The molecule has 1 aromatic carbocycles. The highest BCUT2D eigenvalue weighted by Gasteiger charge is 2.37. The van der Waals surface area contributed by atoms with Crippen LogP contribution in [0.4, 0.5) is 5.69 Å². The number of halogens is 1. The van der Waals surface area contributed by atoms with Crippen LogP contribution in [0.3, 0.4) is 0 Å². The average molecular weight is 351 g/mol. The van der Waals surface area contributed by atoms with Crippen molar-refractivity contribution in [3.05, 3.63) is 28.2 Å². The average Bonchev–Trinajstić information content (AvgIpc) is 2.95. The molecule has 3 heteroatoms. The van der Waals surface area contributed by atoms with Crippen LogP contribution in [0.25, 0.3) is 0 Å².